The Labute approximate surface area is 123 Å². The van der Waals surface area contributed by atoms with Gasteiger partial charge in [0.25, 0.3) is 0 Å². The van der Waals surface area contributed by atoms with Crippen molar-refractivity contribution in [2.24, 2.45) is 5.73 Å². The van der Waals surface area contributed by atoms with Gasteiger partial charge in [-0.15, -0.1) is 5.10 Å². The normalized spacial score (nSPS) is 18.1. The average molecular weight is 288 g/mol. The van der Waals surface area contributed by atoms with E-state index in [9.17, 15) is 0 Å². The number of hydrogen-bond acceptors (Lipinski definition) is 5. The minimum absolute atomic E-state index is 0.00349. The highest BCUT2D eigenvalue weighted by molar-refractivity contribution is 5.49. The molecule has 6 heteroatoms. The Bertz CT molecular complexity index is 633. The lowest BCUT2D eigenvalue weighted by Gasteiger charge is -2.15. The lowest BCUT2D eigenvalue weighted by atomic mass is 10.1. The fourth-order valence-electron chi connectivity index (χ4n) is 2.72. The topological polar surface area (TPSA) is 75.2 Å². The molecule has 0 saturated carbocycles. The van der Waals surface area contributed by atoms with E-state index >= 15 is 0 Å². The van der Waals surface area contributed by atoms with Crippen LogP contribution in [0.3, 0.4) is 0 Å². The van der Waals surface area contributed by atoms with Crippen LogP contribution in [0.25, 0.3) is 5.69 Å². The number of rotatable bonds is 4. The van der Waals surface area contributed by atoms with Gasteiger partial charge in [0.05, 0.1) is 12.8 Å². The molecule has 21 heavy (non-hydrogen) atoms. The molecule has 1 fully saturated rings. The van der Waals surface area contributed by atoms with Crippen LogP contribution in [0.15, 0.2) is 18.2 Å². The zero-order valence-electron chi connectivity index (χ0n) is 12.4. The van der Waals surface area contributed by atoms with Crippen LogP contribution in [0.4, 0.5) is 0 Å². The summed E-state index contributed by atoms with van der Waals surface area (Å²) in [6, 6.07) is 5.98. The molecule has 2 N–H and O–H groups in total. The zero-order chi connectivity index (χ0) is 14.8. The zero-order valence-corrected chi connectivity index (χ0v) is 12.4. The molecule has 1 aromatic carbocycles. The van der Waals surface area contributed by atoms with E-state index in [2.05, 4.69) is 10.3 Å². The third-order valence-corrected chi connectivity index (χ3v) is 3.77. The number of aryl methyl sites for hydroxylation is 1. The molecule has 0 aliphatic carbocycles. The maximum absolute atomic E-state index is 5.81. The van der Waals surface area contributed by atoms with E-state index in [1.807, 2.05) is 29.8 Å². The number of ether oxygens (including phenoxy) is 2. The quantitative estimate of drug-likeness (QED) is 0.930. The van der Waals surface area contributed by atoms with E-state index < -0.39 is 0 Å². The molecule has 1 unspecified atom stereocenters. The predicted octanol–water partition coefficient (Wildman–Crippen LogP) is 1.89. The fraction of sp³-hybridized carbons (Fsp3) is 0.467. The van der Waals surface area contributed by atoms with Crippen molar-refractivity contribution in [3.05, 3.63) is 35.2 Å². The van der Waals surface area contributed by atoms with Gasteiger partial charge in [0.1, 0.15) is 23.2 Å². The molecule has 3 rings (SSSR count). The molecule has 0 amide bonds. The van der Waals surface area contributed by atoms with E-state index in [-0.39, 0.29) is 6.10 Å². The van der Waals surface area contributed by atoms with Gasteiger partial charge in [-0.05, 0) is 37.5 Å². The smallest absolute Gasteiger partial charge is 0.144 e. The fourth-order valence-corrected chi connectivity index (χ4v) is 2.72. The second-order valence-electron chi connectivity index (χ2n) is 5.21. The van der Waals surface area contributed by atoms with Crippen molar-refractivity contribution in [3.63, 3.8) is 0 Å². The highest BCUT2D eigenvalue weighted by Gasteiger charge is 2.27. The number of aromatic nitrogens is 3. The van der Waals surface area contributed by atoms with Gasteiger partial charge >= 0.3 is 0 Å². The summed E-state index contributed by atoms with van der Waals surface area (Å²) in [6.07, 6.45) is 2.02. The first-order chi connectivity index (χ1) is 10.2. The van der Waals surface area contributed by atoms with Crippen LogP contribution in [0.1, 0.15) is 35.9 Å². The summed E-state index contributed by atoms with van der Waals surface area (Å²) >= 11 is 0. The highest BCUT2D eigenvalue weighted by Crippen LogP contribution is 2.33. The molecule has 1 atom stereocenters. The van der Waals surface area contributed by atoms with Crippen molar-refractivity contribution in [1.29, 1.82) is 0 Å². The van der Waals surface area contributed by atoms with Crippen LogP contribution in [-0.4, -0.2) is 28.7 Å². The Kier molecular flexibility index (Phi) is 3.90. The van der Waals surface area contributed by atoms with Crippen LogP contribution < -0.4 is 10.5 Å². The summed E-state index contributed by atoms with van der Waals surface area (Å²) in [5, 5.41) is 8.49. The van der Waals surface area contributed by atoms with E-state index in [4.69, 9.17) is 15.2 Å². The van der Waals surface area contributed by atoms with Crippen LogP contribution in [0.2, 0.25) is 0 Å². The van der Waals surface area contributed by atoms with Crippen LogP contribution >= 0.6 is 0 Å². The minimum atomic E-state index is 0.00349. The molecule has 1 aliphatic rings. The van der Waals surface area contributed by atoms with Crippen molar-refractivity contribution in [3.8, 4) is 11.4 Å². The third kappa shape index (κ3) is 2.52. The lowest BCUT2D eigenvalue weighted by molar-refractivity contribution is 0.106. The first kappa shape index (κ1) is 14.0. The molecule has 2 heterocycles. The number of methoxy groups -OCH3 is 1. The van der Waals surface area contributed by atoms with Gasteiger partial charge in [0.15, 0.2) is 0 Å². The maximum atomic E-state index is 5.81. The largest absolute Gasteiger partial charge is 0.494 e. The van der Waals surface area contributed by atoms with Crippen molar-refractivity contribution in [2.45, 2.75) is 32.4 Å². The lowest BCUT2D eigenvalue weighted by Crippen LogP contribution is -2.11. The molecule has 6 nitrogen and oxygen atoms in total. The standard InChI is InChI=1S/C15H20N4O2/c1-10-5-6-13(20-2)12(8-10)19-15(11(9-16)17-18-19)14-4-3-7-21-14/h5-6,8,14H,3-4,7,9,16H2,1-2H3. The molecular formula is C15H20N4O2. The molecule has 0 spiro atoms. The van der Waals surface area contributed by atoms with E-state index in [1.54, 1.807) is 7.11 Å². The van der Waals surface area contributed by atoms with Gasteiger partial charge in [-0.25, -0.2) is 4.68 Å². The molecule has 1 saturated heterocycles. The number of nitrogens with two attached hydrogens (primary N) is 1. The summed E-state index contributed by atoms with van der Waals surface area (Å²) in [5.41, 5.74) is 9.54. The molecular weight excluding hydrogens is 268 g/mol. The first-order valence-electron chi connectivity index (χ1n) is 7.15. The van der Waals surface area contributed by atoms with Gasteiger partial charge in [0, 0.05) is 13.2 Å². The average Bonchev–Trinajstić information content (AvgIpc) is 3.15. The second kappa shape index (κ2) is 5.83. The summed E-state index contributed by atoms with van der Waals surface area (Å²) in [7, 11) is 1.65. The molecule has 112 valence electrons. The Morgan fingerprint density at radius 2 is 2.33 bits per heavy atom. The van der Waals surface area contributed by atoms with E-state index in [0.717, 1.165) is 47.8 Å². The van der Waals surface area contributed by atoms with Crippen LogP contribution in [-0.2, 0) is 11.3 Å². The minimum Gasteiger partial charge on any atom is -0.494 e. The maximum Gasteiger partial charge on any atom is 0.144 e. The van der Waals surface area contributed by atoms with Crippen molar-refractivity contribution >= 4 is 0 Å². The number of benzene rings is 1. The van der Waals surface area contributed by atoms with Gasteiger partial charge < -0.3 is 15.2 Å². The molecule has 2 aromatic rings. The SMILES string of the molecule is COc1ccc(C)cc1-n1nnc(CN)c1C1CCCO1. The van der Waals surface area contributed by atoms with E-state index in [1.165, 1.54) is 0 Å². The van der Waals surface area contributed by atoms with Gasteiger partial charge in [-0.1, -0.05) is 11.3 Å². The summed E-state index contributed by atoms with van der Waals surface area (Å²) in [6.45, 7) is 3.16. The summed E-state index contributed by atoms with van der Waals surface area (Å²) < 4.78 is 13.1. The monoisotopic (exact) mass is 288 g/mol. The van der Waals surface area contributed by atoms with Gasteiger partial charge in [-0.2, -0.15) is 0 Å². The Hall–Kier alpha value is -1.92. The second-order valence-corrected chi connectivity index (χ2v) is 5.21. The first-order valence-corrected chi connectivity index (χ1v) is 7.15. The van der Waals surface area contributed by atoms with Crippen LogP contribution in [0, 0.1) is 6.92 Å². The molecule has 0 radical (unpaired) electrons. The highest BCUT2D eigenvalue weighted by atomic mass is 16.5. The van der Waals surface area contributed by atoms with Gasteiger partial charge in [-0.3, -0.25) is 0 Å². The van der Waals surface area contributed by atoms with Crippen molar-refractivity contribution < 1.29 is 9.47 Å². The summed E-state index contributed by atoms with van der Waals surface area (Å²) in [4.78, 5) is 0. The predicted molar refractivity (Wildman–Crippen MR) is 78.5 cm³/mol. The Morgan fingerprint density at radius 1 is 1.48 bits per heavy atom. The Morgan fingerprint density at radius 3 is 3.00 bits per heavy atom. The molecule has 1 aliphatic heterocycles. The molecule has 0 bridgehead atoms. The van der Waals surface area contributed by atoms with Gasteiger partial charge in [0.2, 0.25) is 0 Å². The Balaban J connectivity index is 2.14. The third-order valence-electron chi connectivity index (χ3n) is 3.77. The van der Waals surface area contributed by atoms with Crippen LogP contribution in [0.5, 0.6) is 5.75 Å². The molecule has 1 aromatic heterocycles. The van der Waals surface area contributed by atoms with Crippen molar-refractivity contribution in [1.82, 2.24) is 15.0 Å². The van der Waals surface area contributed by atoms with Crippen molar-refractivity contribution in [2.75, 3.05) is 13.7 Å². The number of hydrogen-bond donors (Lipinski definition) is 1. The number of nitrogens with zero attached hydrogens (tertiary/aromatic N) is 3. The summed E-state index contributed by atoms with van der Waals surface area (Å²) in [5.74, 6) is 0.758. The van der Waals surface area contributed by atoms with E-state index in [0.29, 0.717) is 6.54 Å².